The monoisotopic (exact) mass is 924 g/mol. The average molecular weight is 925 g/mol. The quantitative estimate of drug-likeness (QED) is 0.0379. The van der Waals surface area contributed by atoms with Crippen LogP contribution in [-0.4, -0.2) is 72.4 Å². The molecule has 0 atom stereocenters. The second kappa shape index (κ2) is 19.2. The van der Waals surface area contributed by atoms with Gasteiger partial charge in [0.1, 0.15) is 65.2 Å². The van der Waals surface area contributed by atoms with Crippen LogP contribution in [0.5, 0.6) is 0 Å². The van der Waals surface area contributed by atoms with E-state index < -0.39 is 61.6 Å². The Balaban J connectivity index is 1.44. The molecule has 3 heterocycles. The van der Waals surface area contributed by atoms with Crippen molar-refractivity contribution in [2.75, 3.05) is 17.3 Å². The van der Waals surface area contributed by atoms with E-state index in [0.29, 0.717) is 38.5 Å². The Morgan fingerprint density at radius 3 is 0.762 bits per heavy atom. The highest BCUT2D eigenvalue weighted by molar-refractivity contribution is 7.92. The van der Waals surface area contributed by atoms with Gasteiger partial charge in [0.25, 0.3) is 0 Å². The smallest absolute Gasteiger partial charge is 0.181 e. The molecule has 336 valence electrons. The van der Waals surface area contributed by atoms with Crippen molar-refractivity contribution >= 4 is 95.7 Å². The van der Waals surface area contributed by atoms with Crippen molar-refractivity contribution < 1.29 is 38.4 Å². The van der Waals surface area contributed by atoms with Gasteiger partial charge in [0.2, 0.25) is 0 Å². The van der Waals surface area contributed by atoms with E-state index in [-0.39, 0.29) is 83.5 Å². The van der Waals surface area contributed by atoms with Crippen molar-refractivity contribution in [2.24, 2.45) is 0 Å². The van der Waals surface area contributed by atoms with Gasteiger partial charge in [-0.3, -0.25) is 0 Å². The molecule has 7 rings (SSSR count). The van der Waals surface area contributed by atoms with Crippen molar-refractivity contribution in [3.8, 4) is 0 Å². The minimum absolute atomic E-state index is 0.00466. The van der Waals surface area contributed by atoms with Crippen LogP contribution in [0.3, 0.4) is 0 Å². The van der Waals surface area contributed by atoms with Gasteiger partial charge in [-0.05, 0) is 37.5 Å². The summed E-state index contributed by atoms with van der Waals surface area (Å²) in [5.41, 5.74) is -0.194. The SMILES string of the molecule is CCCCCCCS(=O)(=O)c1cc2nc3c(nc2cc1F)c1nc2cc(F)c(S(=O)(=O)CCCCCCC)cc2nc1c1nc2cc(S(=O)(=O)CCCCCCC)c(F)cc2nc31. The van der Waals surface area contributed by atoms with Gasteiger partial charge in [-0.25, -0.2) is 68.3 Å². The Labute approximate surface area is 365 Å². The predicted molar refractivity (Wildman–Crippen MR) is 241 cm³/mol. The third-order valence-electron chi connectivity index (χ3n) is 11.4. The molecule has 3 aromatic heterocycles. The zero-order valence-corrected chi connectivity index (χ0v) is 38.1. The highest BCUT2D eigenvalue weighted by atomic mass is 32.2. The van der Waals surface area contributed by atoms with Crippen LogP contribution in [0.15, 0.2) is 51.1 Å². The van der Waals surface area contributed by atoms with Gasteiger partial charge < -0.3 is 0 Å². The van der Waals surface area contributed by atoms with Crippen LogP contribution in [0, 0.1) is 17.5 Å². The zero-order valence-electron chi connectivity index (χ0n) is 35.7. The minimum Gasteiger partial charge on any atom is -0.242 e. The van der Waals surface area contributed by atoms with E-state index in [1.54, 1.807) is 0 Å². The average Bonchev–Trinajstić information content (AvgIpc) is 3.23. The lowest BCUT2D eigenvalue weighted by Crippen LogP contribution is -2.10. The second-order valence-electron chi connectivity index (χ2n) is 16.3. The molecule has 0 aliphatic rings. The van der Waals surface area contributed by atoms with E-state index in [1.165, 1.54) is 0 Å². The first-order valence-electron chi connectivity index (χ1n) is 21.8. The van der Waals surface area contributed by atoms with E-state index in [2.05, 4.69) is 15.0 Å². The molecule has 0 spiro atoms. The number of aromatic nitrogens is 6. The third kappa shape index (κ3) is 9.87. The molecule has 0 N–H and O–H groups in total. The number of halogens is 3. The van der Waals surface area contributed by atoms with Crippen molar-refractivity contribution in [3.63, 3.8) is 0 Å². The van der Waals surface area contributed by atoms with Gasteiger partial charge in [-0.15, -0.1) is 0 Å². The van der Waals surface area contributed by atoms with Crippen LogP contribution in [0.25, 0.3) is 66.2 Å². The first kappa shape index (κ1) is 46.3. The van der Waals surface area contributed by atoms with E-state index >= 15 is 13.2 Å². The summed E-state index contributed by atoms with van der Waals surface area (Å²) in [5.74, 6) is -3.90. The van der Waals surface area contributed by atoms with Gasteiger partial charge in [-0.2, -0.15) is 0 Å². The molecule has 0 saturated carbocycles. The molecule has 0 amide bonds. The molecule has 0 saturated heterocycles. The first-order chi connectivity index (χ1) is 30.1. The maximum absolute atomic E-state index is 15.8. The van der Waals surface area contributed by atoms with E-state index in [1.807, 2.05) is 20.8 Å². The fourth-order valence-corrected chi connectivity index (χ4v) is 12.3. The maximum atomic E-state index is 15.8. The summed E-state index contributed by atoms with van der Waals surface area (Å²) < 4.78 is 128. The first-order valence-corrected chi connectivity index (χ1v) is 26.8. The molecule has 18 heteroatoms. The molecule has 0 aliphatic carbocycles. The second-order valence-corrected chi connectivity index (χ2v) is 22.5. The molecular weight excluding hydrogens is 874 g/mol. The Hall–Kier alpha value is -4.68. The van der Waals surface area contributed by atoms with Gasteiger partial charge >= 0.3 is 0 Å². The van der Waals surface area contributed by atoms with Crippen LogP contribution in [0.1, 0.15) is 117 Å². The molecule has 63 heavy (non-hydrogen) atoms. The summed E-state index contributed by atoms with van der Waals surface area (Å²) in [6.07, 6.45) is 11.4. The zero-order chi connectivity index (χ0) is 45.1. The number of fused-ring (bicyclic) bond motifs is 9. The molecule has 0 unspecified atom stereocenters. The lowest BCUT2D eigenvalue weighted by Gasteiger charge is -2.13. The number of hydrogen-bond donors (Lipinski definition) is 0. The van der Waals surface area contributed by atoms with Crippen molar-refractivity contribution in [1.82, 2.24) is 29.9 Å². The van der Waals surface area contributed by atoms with Gasteiger partial charge in [0.05, 0.1) is 50.4 Å². The highest BCUT2D eigenvalue weighted by Crippen LogP contribution is 2.36. The van der Waals surface area contributed by atoms with Crippen LogP contribution in [0.4, 0.5) is 13.2 Å². The Kier molecular flexibility index (Phi) is 14.1. The summed E-state index contributed by atoms with van der Waals surface area (Å²) in [6, 6.07) is 6.21. The number of benzene rings is 4. The summed E-state index contributed by atoms with van der Waals surface area (Å²) in [7, 11) is -12.2. The Morgan fingerprint density at radius 1 is 0.333 bits per heavy atom. The summed E-state index contributed by atoms with van der Waals surface area (Å²) in [6.45, 7) is 6.13. The molecule has 0 radical (unpaired) electrons. The number of nitrogens with zero attached hydrogens (tertiary/aromatic N) is 6. The molecule has 0 fully saturated rings. The van der Waals surface area contributed by atoms with E-state index in [0.717, 1.165) is 94.2 Å². The molecule has 0 bridgehead atoms. The van der Waals surface area contributed by atoms with Crippen molar-refractivity contribution in [2.45, 2.75) is 132 Å². The van der Waals surface area contributed by atoms with Gasteiger partial charge in [0, 0.05) is 18.2 Å². The Bertz CT molecular complexity index is 3230. The van der Waals surface area contributed by atoms with Gasteiger partial charge in [0.15, 0.2) is 29.5 Å². The lowest BCUT2D eigenvalue weighted by molar-refractivity contribution is 0.561. The predicted octanol–water partition coefficient (Wildman–Crippen LogP) is 10.6. The van der Waals surface area contributed by atoms with Crippen LogP contribution in [-0.2, 0) is 29.5 Å². The van der Waals surface area contributed by atoms with Crippen LogP contribution in [0.2, 0.25) is 0 Å². The molecule has 4 aromatic carbocycles. The molecule has 12 nitrogen and oxygen atoms in total. The number of unbranched alkanes of at least 4 members (excludes halogenated alkanes) is 12. The lowest BCUT2D eigenvalue weighted by atomic mass is 10.1. The van der Waals surface area contributed by atoms with E-state index in [4.69, 9.17) is 15.0 Å². The number of sulfone groups is 3. The number of hydrogen-bond acceptors (Lipinski definition) is 12. The summed E-state index contributed by atoms with van der Waals surface area (Å²) >= 11 is 0. The third-order valence-corrected chi connectivity index (χ3v) is 16.8. The normalized spacial score (nSPS) is 12.9. The molecule has 7 aromatic rings. The van der Waals surface area contributed by atoms with Gasteiger partial charge in [-0.1, -0.05) is 97.8 Å². The molecular formula is C45H51F3N6O6S3. The highest BCUT2D eigenvalue weighted by Gasteiger charge is 2.27. The fraction of sp³-hybridized carbons (Fsp3) is 0.467. The van der Waals surface area contributed by atoms with Crippen LogP contribution >= 0.6 is 0 Å². The molecule has 0 aliphatic heterocycles. The summed E-state index contributed by atoms with van der Waals surface area (Å²) in [4.78, 5) is 26.6. The largest absolute Gasteiger partial charge is 0.242 e. The van der Waals surface area contributed by atoms with Crippen molar-refractivity contribution in [1.29, 1.82) is 0 Å². The van der Waals surface area contributed by atoms with Crippen molar-refractivity contribution in [3.05, 3.63) is 53.8 Å². The maximum Gasteiger partial charge on any atom is 0.181 e. The Morgan fingerprint density at radius 2 is 0.540 bits per heavy atom. The van der Waals surface area contributed by atoms with E-state index in [9.17, 15) is 25.3 Å². The minimum atomic E-state index is -4.08. The standard InChI is InChI=1S/C45H51F3N6O6S3/c1-4-7-10-13-16-19-61(55,56)37-25-34-31(22-28(37)46)49-40-41-44(53-35-26-38(29(47)23-32(35)50-41)62(57,58)20-17-14-11-8-5-2)45-42(43(40)52-34)51-33-24-30(48)39(27-36(33)54-45)63(59,60)21-18-15-12-9-6-3/h22-27H,4-21H2,1-3H3. The van der Waals surface area contributed by atoms with Crippen LogP contribution < -0.4 is 0 Å². The fourth-order valence-electron chi connectivity index (χ4n) is 7.90. The summed E-state index contributed by atoms with van der Waals surface area (Å²) in [5, 5.41) is 0. The number of rotatable bonds is 21. The topological polar surface area (TPSA) is 180 Å².